The van der Waals surface area contributed by atoms with Crippen molar-refractivity contribution in [3.05, 3.63) is 47.0 Å². The number of amides is 1. The summed E-state index contributed by atoms with van der Waals surface area (Å²) in [6.07, 6.45) is 3.37. The number of benzene rings is 1. The molecule has 2 atom stereocenters. The van der Waals surface area contributed by atoms with Gasteiger partial charge in [0.1, 0.15) is 5.82 Å². The Kier molecular flexibility index (Phi) is 3.31. The number of hydrogen-bond donors (Lipinski definition) is 1. The monoisotopic (exact) mass is 327 g/mol. The van der Waals surface area contributed by atoms with Crippen LogP contribution < -0.4 is 5.32 Å². The van der Waals surface area contributed by atoms with Gasteiger partial charge in [0.2, 0.25) is 0 Å². The molecular weight excluding hydrogens is 305 g/mol. The molecule has 2 bridgehead atoms. The lowest BCUT2D eigenvalue weighted by atomic mass is 9.95. The van der Waals surface area contributed by atoms with E-state index in [-0.39, 0.29) is 17.3 Å². The standard InChI is InChI=1S/C19H22FN3O/c1-19(2,3)21-18(24)16-15-11-4-5-12(10-11)17(15)23(22-16)14-8-6-13(20)7-9-14/h6-9,11-12H,4-5,10H2,1-3H3,(H,21,24). The molecule has 1 aromatic carbocycles. The number of rotatable bonds is 2. The third-order valence-corrected chi connectivity index (χ3v) is 4.96. The van der Waals surface area contributed by atoms with Gasteiger partial charge in [0.05, 0.1) is 11.4 Å². The first-order chi connectivity index (χ1) is 11.3. The third kappa shape index (κ3) is 2.43. The van der Waals surface area contributed by atoms with Crippen molar-refractivity contribution in [1.29, 1.82) is 0 Å². The topological polar surface area (TPSA) is 46.9 Å². The van der Waals surface area contributed by atoms with Crippen LogP contribution in [0.1, 0.15) is 73.6 Å². The Balaban J connectivity index is 1.82. The lowest BCUT2D eigenvalue weighted by Gasteiger charge is -2.20. The molecule has 1 amide bonds. The predicted molar refractivity (Wildman–Crippen MR) is 90.1 cm³/mol. The van der Waals surface area contributed by atoms with Gasteiger partial charge in [-0.3, -0.25) is 4.79 Å². The van der Waals surface area contributed by atoms with E-state index in [1.807, 2.05) is 25.5 Å². The van der Waals surface area contributed by atoms with Crippen LogP contribution in [0.3, 0.4) is 0 Å². The molecule has 0 spiro atoms. The van der Waals surface area contributed by atoms with Crippen LogP contribution in [0.2, 0.25) is 0 Å². The maximum Gasteiger partial charge on any atom is 0.272 e. The number of fused-ring (bicyclic) bond motifs is 5. The second-order valence-corrected chi connectivity index (χ2v) is 7.95. The summed E-state index contributed by atoms with van der Waals surface area (Å²) in [5, 5.41) is 7.66. The van der Waals surface area contributed by atoms with Crippen LogP contribution in [0, 0.1) is 5.82 Å². The summed E-state index contributed by atoms with van der Waals surface area (Å²) in [7, 11) is 0. The molecule has 0 saturated heterocycles. The number of hydrogen-bond acceptors (Lipinski definition) is 2. The van der Waals surface area contributed by atoms with Gasteiger partial charge >= 0.3 is 0 Å². The first-order valence-corrected chi connectivity index (χ1v) is 8.55. The van der Waals surface area contributed by atoms with E-state index in [9.17, 15) is 9.18 Å². The van der Waals surface area contributed by atoms with Crippen LogP contribution in [-0.4, -0.2) is 21.2 Å². The van der Waals surface area contributed by atoms with Crippen molar-refractivity contribution < 1.29 is 9.18 Å². The number of nitrogens with zero attached hydrogens (tertiary/aromatic N) is 2. The minimum Gasteiger partial charge on any atom is -0.346 e. The van der Waals surface area contributed by atoms with Gasteiger partial charge in [-0.05, 0) is 70.2 Å². The molecule has 0 radical (unpaired) electrons. The molecular formula is C19H22FN3O. The highest BCUT2D eigenvalue weighted by molar-refractivity contribution is 5.95. The molecule has 2 aromatic rings. The van der Waals surface area contributed by atoms with Gasteiger partial charge in [-0.25, -0.2) is 9.07 Å². The summed E-state index contributed by atoms with van der Waals surface area (Å²) >= 11 is 0. The third-order valence-electron chi connectivity index (χ3n) is 4.96. The first kappa shape index (κ1) is 15.4. The van der Waals surface area contributed by atoms with Crippen molar-refractivity contribution >= 4 is 5.91 Å². The highest BCUT2D eigenvalue weighted by Crippen LogP contribution is 2.54. The molecule has 1 N–H and O–H groups in total. The highest BCUT2D eigenvalue weighted by Gasteiger charge is 2.44. The molecule has 1 aromatic heterocycles. The quantitative estimate of drug-likeness (QED) is 0.909. The van der Waals surface area contributed by atoms with E-state index in [0.29, 0.717) is 17.5 Å². The second-order valence-electron chi connectivity index (χ2n) is 7.95. The lowest BCUT2D eigenvalue weighted by Crippen LogP contribution is -2.41. The number of carbonyl (C=O) groups excluding carboxylic acids is 1. The maximum absolute atomic E-state index is 13.3. The van der Waals surface area contributed by atoms with Gasteiger partial charge in [-0.2, -0.15) is 5.10 Å². The Bertz CT molecular complexity index is 801. The van der Waals surface area contributed by atoms with Gasteiger partial charge < -0.3 is 5.32 Å². The predicted octanol–water partition coefficient (Wildman–Crippen LogP) is 3.90. The van der Waals surface area contributed by atoms with Crippen molar-refractivity contribution in [2.24, 2.45) is 0 Å². The van der Waals surface area contributed by atoms with Crippen molar-refractivity contribution in [2.75, 3.05) is 0 Å². The zero-order valence-corrected chi connectivity index (χ0v) is 14.3. The van der Waals surface area contributed by atoms with Crippen LogP contribution in [0.5, 0.6) is 0 Å². The minimum atomic E-state index is -0.304. The average molecular weight is 327 g/mol. The van der Waals surface area contributed by atoms with Crippen LogP contribution in [0.4, 0.5) is 4.39 Å². The minimum absolute atomic E-state index is 0.118. The average Bonchev–Trinajstić information content (AvgIpc) is 3.18. The van der Waals surface area contributed by atoms with Crippen LogP contribution in [-0.2, 0) is 0 Å². The summed E-state index contributed by atoms with van der Waals surface area (Å²) in [5.41, 5.74) is 3.31. The molecule has 4 nitrogen and oxygen atoms in total. The number of nitrogens with one attached hydrogen (secondary N) is 1. The van der Waals surface area contributed by atoms with E-state index in [4.69, 9.17) is 0 Å². The van der Waals surface area contributed by atoms with Crippen LogP contribution in [0.15, 0.2) is 24.3 Å². The van der Waals surface area contributed by atoms with Crippen LogP contribution in [0.25, 0.3) is 5.69 Å². The molecule has 1 heterocycles. The lowest BCUT2D eigenvalue weighted by molar-refractivity contribution is 0.0912. The molecule has 0 aliphatic heterocycles. The fourth-order valence-electron chi connectivity index (χ4n) is 4.08. The SMILES string of the molecule is CC(C)(C)NC(=O)c1nn(-c2ccc(F)cc2)c2c1C1CCC2C1. The first-order valence-electron chi connectivity index (χ1n) is 8.55. The summed E-state index contributed by atoms with van der Waals surface area (Å²) in [6.45, 7) is 5.90. The molecule has 4 rings (SSSR count). The molecule has 126 valence electrons. The second kappa shape index (κ2) is 5.16. The molecule has 2 aliphatic rings. The van der Waals surface area contributed by atoms with Crippen molar-refractivity contribution in [3.8, 4) is 5.69 Å². The van der Waals surface area contributed by atoms with E-state index in [1.54, 1.807) is 12.1 Å². The number of carbonyl (C=O) groups is 1. The Hall–Kier alpha value is -2.17. The molecule has 5 heteroatoms. The van der Waals surface area contributed by atoms with E-state index in [0.717, 1.165) is 36.2 Å². The smallest absolute Gasteiger partial charge is 0.272 e. The van der Waals surface area contributed by atoms with E-state index < -0.39 is 0 Å². The van der Waals surface area contributed by atoms with Gasteiger partial charge in [-0.15, -0.1) is 0 Å². The summed E-state index contributed by atoms with van der Waals surface area (Å²) in [5.74, 6) is 0.501. The van der Waals surface area contributed by atoms with Gasteiger partial charge in [-0.1, -0.05) is 0 Å². The van der Waals surface area contributed by atoms with Crippen molar-refractivity contribution in [3.63, 3.8) is 0 Å². The summed E-state index contributed by atoms with van der Waals surface area (Å²) < 4.78 is 15.1. The summed E-state index contributed by atoms with van der Waals surface area (Å²) in [6, 6.07) is 6.32. The molecule has 1 fully saturated rings. The van der Waals surface area contributed by atoms with Gasteiger partial charge in [0.15, 0.2) is 5.69 Å². The molecule has 2 unspecified atom stereocenters. The van der Waals surface area contributed by atoms with E-state index in [2.05, 4.69) is 10.4 Å². The van der Waals surface area contributed by atoms with Crippen molar-refractivity contribution in [1.82, 2.24) is 15.1 Å². The van der Waals surface area contributed by atoms with Gasteiger partial charge in [0.25, 0.3) is 5.91 Å². The Morgan fingerprint density at radius 1 is 1.21 bits per heavy atom. The van der Waals surface area contributed by atoms with Crippen molar-refractivity contribution in [2.45, 2.75) is 57.4 Å². The Morgan fingerprint density at radius 3 is 2.54 bits per heavy atom. The Labute approximate surface area is 141 Å². The zero-order valence-electron chi connectivity index (χ0n) is 14.3. The maximum atomic E-state index is 13.3. The zero-order chi connectivity index (χ0) is 17.1. The molecule has 1 saturated carbocycles. The van der Waals surface area contributed by atoms with E-state index >= 15 is 0 Å². The molecule has 2 aliphatic carbocycles. The number of aromatic nitrogens is 2. The summed E-state index contributed by atoms with van der Waals surface area (Å²) in [4.78, 5) is 12.7. The fourth-order valence-corrected chi connectivity index (χ4v) is 4.08. The van der Waals surface area contributed by atoms with Crippen LogP contribution >= 0.6 is 0 Å². The normalized spacial score (nSPS) is 21.8. The Morgan fingerprint density at radius 2 is 1.88 bits per heavy atom. The highest BCUT2D eigenvalue weighted by atomic mass is 19.1. The fraction of sp³-hybridized carbons (Fsp3) is 0.474. The van der Waals surface area contributed by atoms with Gasteiger partial charge in [0, 0.05) is 17.0 Å². The largest absolute Gasteiger partial charge is 0.346 e. The van der Waals surface area contributed by atoms with E-state index in [1.165, 1.54) is 12.1 Å². The number of halogens is 1. The molecule has 24 heavy (non-hydrogen) atoms.